The number of hydrogen-bond acceptors (Lipinski definition) is 6. The third kappa shape index (κ3) is 4.79. The molecule has 0 bridgehead atoms. The Bertz CT molecular complexity index is 1160. The molecule has 0 radical (unpaired) electrons. The summed E-state index contributed by atoms with van der Waals surface area (Å²) in [7, 11) is -7.47. The van der Waals surface area contributed by atoms with Crippen LogP contribution in [0.5, 0.6) is 0 Å². The molecule has 2 fully saturated rings. The highest BCUT2D eigenvalue weighted by Gasteiger charge is 2.39. The maximum atomic E-state index is 13.0. The SMILES string of the molecule is O=C(CN(C1CC1)S(=O)(=O)c1cccnc1)Nc1cccc(S(=O)(=O)N2CCCC2)c1. The average molecular weight is 465 g/mol. The maximum absolute atomic E-state index is 13.0. The van der Waals surface area contributed by atoms with Crippen LogP contribution in [-0.2, 0) is 24.8 Å². The van der Waals surface area contributed by atoms with Gasteiger partial charge in [0.2, 0.25) is 26.0 Å². The lowest BCUT2D eigenvalue weighted by molar-refractivity contribution is -0.116. The minimum absolute atomic E-state index is 0.0356. The van der Waals surface area contributed by atoms with E-state index < -0.39 is 26.0 Å². The second kappa shape index (κ2) is 8.65. The van der Waals surface area contributed by atoms with Gasteiger partial charge >= 0.3 is 0 Å². The molecule has 1 amide bonds. The molecule has 9 nitrogen and oxygen atoms in total. The molecule has 2 aliphatic rings. The van der Waals surface area contributed by atoms with E-state index in [0.29, 0.717) is 31.6 Å². The Morgan fingerprint density at radius 3 is 2.42 bits per heavy atom. The van der Waals surface area contributed by atoms with E-state index in [4.69, 9.17) is 0 Å². The number of carbonyl (C=O) groups excluding carboxylic acids is 1. The van der Waals surface area contributed by atoms with Gasteiger partial charge in [0.1, 0.15) is 4.90 Å². The van der Waals surface area contributed by atoms with Crippen LogP contribution in [0.4, 0.5) is 5.69 Å². The van der Waals surface area contributed by atoms with Crippen molar-refractivity contribution in [2.45, 2.75) is 41.5 Å². The van der Waals surface area contributed by atoms with Crippen molar-refractivity contribution in [2.75, 3.05) is 25.0 Å². The van der Waals surface area contributed by atoms with Crippen LogP contribution in [0.25, 0.3) is 0 Å². The highest BCUT2D eigenvalue weighted by atomic mass is 32.2. The molecule has 1 N–H and O–H groups in total. The standard InChI is InChI=1S/C20H24N4O5S2/c25-20(15-24(17-8-9-17)31(28,29)19-7-4-10-21-14-19)22-16-5-3-6-18(13-16)30(26,27)23-11-1-2-12-23/h3-7,10,13-14,17H,1-2,8-9,11-12,15H2,(H,22,25). The first-order valence-corrected chi connectivity index (χ1v) is 13.0. The molecule has 1 aliphatic heterocycles. The number of nitrogens with one attached hydrogen (secondary N) is 1. The zero-order chi connectivity index (χ0) is 22.1. The van der Waals surface area contributed by atoms with Crippen molar-refractivity contribution in [1.82, 2.24) is 13.6 Å². The Morgan fingerprint density at radius 1 is 1.06 bits per heavy atom. The Morgan fingerprint density at radius 2 is 1.77 bits per heavy atom. The van der Waals surface area contributed by atoms with Crippen LogP contribution in [-0.4, -0.2) is 62.0 Å². The average Bonchev–Trinajstić information content (AvgIpc) is 3.43. The summed E-state index contributed by atoms with van der Waals surface area (Å²) in [6, 6.07) is 8.79. The highest BCUT2D eigenvalue weighted by Crippen LogP contribution is 2.32. The zero-order valence-electron chi connectivity index (χ0n) is 16.8. The van der Waals surface area contributed by atoms with Gasteiger partial charge in [-0.25, -0.2) is 16.8 Å². The van der Waals surface area contributed by atoms with Crippen molar-refractivity contribution in [1.29, 1.82) is 0 Å². The minimum Gasteiger partial charge on any atom is -0.325 e. The van der Waals surface area contributed by atoms with Crippen molar-refractivity contribution < 1.29 is 21.6 Å². The number of carbonyl (C=O) groups is 1. The normalized spacial score (nSPS) is 17.7. The molecule has 31 heavy (non-hydrogen) atoms. The van der Waals surface area contributed by atoms with Gasteiger partial charge in [-0.2, -0.15) is 8.61 Å². The van der Waals surface area contributed by atoms with Gasteiger partial charge in [-0.1, -0.05) is 6.07 Å². The van der Waals surface area contributed by atoms with Gasteiger partial charge in [0.15, 0.2) is 0 Å². The summed E-state index contributed by atoms with van der Waals surface area (Å²) in [5, 5.41) is 2.64. The van der Waals surface area contributed by atoms with Crippen molar-refractivity contribution in [3.05, 3.63) is 48.8 Å². The Balaban J connectivity index is 1.49. The summed E-state index contributed by atoms with van der Waals surface area (Å²) >= 11 is 0. The Kier molecular flexibility index (Phi) is 6.11. The first kappa shape index (κ1) is 21.9. The Hall–Kier alpha value is -2.34. The third-order valence-electron chi connectivity index (χ3n) is 5.32. The van der Waals surface area contributed by atoms with Gasteiger partial charge in [0, 0.05) is 37.2 Å². The topological polar surface area (TPSA) is 117 Å². The number of aromatic nitrogens is 1. The molecule has 11 heteroatoms. The van der Waals surface area contributed by atoms with Crippen LogP contribution >= 0.6 is 0 Å². The van der Waals surface area contributed by atoms with E-state index in [2.05, 4.69) is 10.3 Å². The summed E-state index contributed by atoms with van der Waals surface area (Å²) < 4.78 is 54.0. The molecule has 1 aromatic heterocycles. The smallest absolute Gasteiger partial charge is 0.245 e. The summed E-state index contributed by atoms with van der Waals surface area (Å²) in [6.07, 6.45) is 5.79. The fourth-order valence-electron chi connectivity index (χ4n) is 3.56. The molecule has 1 saturated carbocycles. The second-order valence-electron chi connectivity index (χ2n) is 7.66. The van der Waals surface area contributed by atoms with E-state index >= 15 is 0 Å². The van der Waals surface area contributed by atoms with Gasteiger partial charge in [0.05, 0.1) is 11.4 Å². The van der Waals surface area contributed by atoms with Gasteiger partial charge < -0.3 is 5.32 Å². The molecule has 0 atom stereocenters. The second-order valence-corrected chi connectivity index (χ2v) is 11.5. The molecule has 1 aromatic carbocycles. The quantitative estimate of drug-likeness (QED) is 0.635. The molecule has 2 heterocycles. The summed E-state index contributed by atoms with van der Waals surface area (Å²) in [4.78, 5) is 16.7. The van der Waals surface area contributed by atoms with Crippen molar-refractivity contribution in [3.8, 4) is 0 Å². The van der Waals surface area contributed by atoms with Crippen LogP contribution in [0.3, 0.4) is 0 Å². The van der Waals surface area contributed by atoms with Crippen LogP contribution < -0.4 is 5.32 Å². The van der Waals surface area contributed by atoms with Gasteiger partial charge in [0.25, 0.3) is 0 Å². The van der Waals surface area contributed by atoms with E-state index in [9.17, 15) is 21.6 Å². The first-order valence-electron chi connectivity index (χ1n) is 10.1. The lowest BCUT2D eigenvalue weighted by atomic mass is 10.3. The van der Waals surface area contributed by atoms with E-state index in [-0.39, 0.29) is 22.4 Å². The maximum Gasteiger partial charge on any atom is 0.245 e. The fraction of sp³-hybridized carbons (Fsp3) is 0.400. The van der Waals surface area contributed by atoms with Crippen LogP contribution in [0.15, 0.2) is 58.6 Å². The lowest BCUT2D eigenvalue weighted by Crippen LogP contribution is -2.39. The lowest BCUT2D eigenvalue weighted by Gasteiger charge is -2.21. The molecule has 1 aliphatic carbocycles. The molecule has 2 aromatic rings. The number of anilines is 1. The number of sulfonamides is 2. The molecular formula is C20H24N4O5S2. The minimum atomic E-state index is -3.86. The number of rotatable bonds is 8. The third-order valence-corrected chi connectivity index (χ3v) is 9.09. The fourth-order valence-corrected chi connectivity index (χ4v) is 6.73. The van der Waals surface area contributed by atoms with Crippen LogP contribution in [0, 0.1) is 0 Å². The molecule has 4 rings (SSSR count). The molecule has 1 saturated heterocycles. The number of nitrogens with zero attached hydrogens (tertiary/aromatic N) is 3. The van der Waals surface area contributed by atoms with E-state index in [1.165, 1.54) is 45.3 Å². The van der Waals surface area contributed by atoms with Crippen LogP contribution in [0.2, 0.25) is 0 Å². The molecule has 0 unspecified atom stereocenters. The van der Waals surface area contributed by atoms with Crippen LogP contribution in [0.1, 0.15) is 25.7 Å². The molecule has 0 spiro atoms. The van der Waals surface area contributed by atoms with Gasteiger partial charge in [-0.15, -0.1) is 0 Å². The van der Waals surface area contributed by atoms with E-state index in [1.54, 1.807) is 12.1 Å². The largest absolute Gasteiger partial charge is 0.325 e. The number of benzene rings is 1. The van der Waals surface area contributed by atoms with E-state index in [0.717, 1.165) is 12.8 Å². The Labute approximate surface area is 182 Å². The number of amides is 1. The molecular weight excluding hydrogens is 440 g/mol. The summed E-state index contributed by atoms with van der Waals surface area (Å²) in [5.41, 5.74) is 0.305. The van der Waals surface area contributed by atoms with Crippen molar-refractivity contribution in [2.24, 2.45) is 0 Å². The monoisotopic (exact) mass is 464 g/mol. The van der Waals surface area contributed by atoms with Crippen molar-refractivity contribution >= 4 is 31.6 Å². The summed E-state index contributed by atoms with van der Waals surface area (Å²) in [6.45, 7) is 0.619. The number of hydrogen-bond donors (Lipinski definition) is 1. The highest BCUT2D eigenvalue weighted by molar-refractivity contribution is 7.89. The predicted molar refractivity (Wildman–Crippen MR) is 114 cm³/mol. The predicted octanol–water partition coefficient (Wildman–Crippen LogP) is 1.66. The number of pyridine rings is 1. The van der Waals surface area contributed by atoms with Gasteiger partial charge in [-0.3, -0.25) is 9.78 Å². The molecule has 166 valence electrons. The first-order chi connectivity index (χ1) is 14.8. The van der Waals surface area contributed by atoms with Gasteiger partial charge in [-0.05, 0) is 56.0 Å². The van der Waals surface area contributed by atoms with Crippen molar-refractivity contribution in [3.63, 3.8) is 0 Å². The van der Waals surface area contributed by atoms with E-state index in [1.807, 2.05) is 0 Å². The summed E-state index contributed by atoms with van der Waals surface area (Å²) in [5.74, 6) is -0.532. The zero-order valence-corrected chi connectivity index (χ0v) is 18.5.